The summed E-state index contributed by atoms with van der Waals surface area (Å²) >= 11 is 0. The number of pyridine rings is 1. The average molecular weight is 345 g/mol. The van der Waals surface area contributed by atoms with Gasteiger partial charge in [0.05, 0.1) is 6.20 Å². The van der Waals surface area contributed by atoms with Crippen molar-refractivity contribution < 1.29 is 13.9 Å². The van der Waals surface area contributed by atoms with Gasteiger partial charge in [0.15, 0.2) is 12.2 Å². The molecule has 2 aromatic heterocycles. The number of aromatic nitrogens is 2. The summed E-state index contributed by atoms with van der Waals surface area (Å²) in [6.07, 6.45) is 3.30. The molecule has 0 bridgehead atoms. The number of oxazole rings is 1. The van der Waals surface area contributed by atoms with Crippen LogP contribution in [0.3, 0.4) is 0 Å². The Hall–Kier alpha value is -3.67. The third-order valence-electron chi connectivity index (χ3n) is 3.70. The van der Waals surface area contributed by atoms with Crippen molar-refractivity contribution in [1.82, 2.24) is 9.97 Å². The summed E-state index contributed by atoms with van der Waals surface area (Å²) in [6.45, 7) is -0.0667. The smallest absolute Gasteiger partial charge is 0.262 e. The van der Waals surface area contributed by atoms with Gasteiger partial charge in [-0.15, -0.1) is 0 Å². The van der Waals surface area contributed by atoms with Gasteiger partial charge in [-0.3, -0.25) is 9.78 Å². The molecule has 1 N–H and O–H groups in total. The second-order valence-electron chi connectivity index (χ2n) is 5.59. The quantitative estimate of drug-likeness (QED) is 0.593. The van der Waals surface area contributed by atoms with E-state index in [4.69, 9.17) is 9.15 Å². The van der Waals surface area contributed by atoms with Crippen LogP contribution in [-0.2, 0) is 4.79 Å². The number of nitrogens with zero attached hydrogens (tertiary/aromatic N) is 2. The highest BCUT2D eigenvalue weighted by Crippen LogP contribution is 2.25. The standard InChI is InChI=1S/C20H15N3O3/c24-19(13-25-16-7-2-1-3-8-16)22-15-6-4-5-14(11-15)20-23-17-12-21-10-9-18(17)26-20/h1-12H,13H2,(H,22,24). The fourth-order valence-corrected chi connectivity index (χ4v) is 2.50. The van der Waals surface area contributed by atoms with Crippen LogP contribution in [0.25, 0.3) is 22.6 Å². The van der Waals surface area contributed by atoms with Crippen molar-refractivity contribution in [3.8, 4) is 17.2 Å². The van der Waals surface area contributed by atoms with Gasteiger partial charge in [-0.25, -0.2) is 4.98 Å². The van der Waals surface area contributed by atoms with E-state index in [1.165, 1.54) is 0 Å². The first-order chi connectivity index (χ1) is 12.8. The van der Waals surface area contributed by atoms with E-state index in [9.17, 15) is 4.79 Å². The highest BCUT2D eigenvalue weighted by atomic mass is 16.5. The number of carbonyl (C=O) groups excluding carboxylic acids is 1. The molecule has 0 unspecified atom stereocenters. The zero-order valence-electron chi connectivity index (χ0n) is 13.8. The molecule has 4 rings (SSSR count). The van der Waals surface area contributed by atoms with Gasteiger partial charge in [0.2, 0.25) is 5.89 Å². The molecular formula is C20H15N3O3. The van der Waals surface area contributed by atoms with Gasteiger partial charge in [-0.2, -0.15) is 0 Å². The van der Waals surface area contributed by atoms with Crippen molar-refractivity contribution in [3.05, 3.63) is 73.1 Å². The molecule has 26 heavy (non-hydrogen) atoms. The topological polar surface area (TPSA) is 77.2 Å². The summed E-state index contributed by atoms with van der Waals surface area (Å²) in [7, 11) is 0. The number of para-hydroxylation sites is 1. The third-order valence-corrected chi connectivity index (χ3v) is 3.70. The maximum Gasteiger partial charge on any atom is 0.262 e. The van der Waals surface area contributed by atoms with Crippen LogP contribution in [0.2, 0.25) is 0 Å². The van der Waals surface area contributed by atoms with Crippen molar-refractivity contribution in [2.24, 2.45) is 0 Å². The summed E-state index contributed by atoms with van der Waals surface area (Å²) in [4.78, 5) is 20.5. The van der Waals surface area contributed by atoms with Crippen LogP contribution >= 0.6 is 0 Å². The largest absolute Gasteiger partial charge is 0.484 e. The molecule has 0 aliphatic heterocycles. The molecule has 0 saturated carbocycles. The maximum atomic E-state index is 12.1. The van der Waals surface area contributed by atoms with Crippen LogP contribution in [0.15, 0.2) is 77.5 Å². The van der Waals surface area contributed by atoms with Gasteiger partial charge in [0.1, 0.15) is 11.3 Å². The Morgan fingerprint density at radius 3 is 2.81 bits per heavy atom. The van der Waals surface area contributed by atoms with E-state index in [0.29, 0.717) is 28.4 Å². The van der Waals surface area contributed by atoms with E-state index in [-0.39, 0.29) is 12.5 Å². The predicted octanol–water partition coefficient (Wildman–Crippen LogP) is 3.91. The van der Waals surface area contributed by atoms with Crippen LogP contribution in [0.1, 0.15) is 0 Å². The van der Waals surface area contributed by atoms with Gasteiger partial charge in [-0.1, -0.05) is 24.3 Å². The number of ether oxygens (including phenoxy) is 1. The molecule has 0 aliphatic carbocycles. The van der Waals surface area contributed by atoms with E-state index in [1.807, 2.05) is 30.3 Å². The van der Waals surface area contributed by atoms with Crippen molar-refractivity contribution >= 4 is 22.7 Å². The number of anilines is 1. The summed E-state index contributed by atoms with van der Waals surface area (Å²) < 4.78 is 11.2. The lowest BCUT2D eigenvalue weighted by molar-refractivity contribution is -0.118. The zero-order valence-corrected chi connectivity index (χ0v) is 13.8. The first kappa shape index (κ1) is 15.8. The fraction of sp³-hybridized carbons (Fsp3) is 0.0500. The maximum absolute atomic E-state index is 12.1. The molecule has 2 heterocycles. The lowest BCUT2D eigenvalue weighted by Gasteiger charge is -2.08. The summed E-state index contributed by atoms with van der Waals surface area (Å²) in [5, 5.41) is 2.81. The number of benzene rings is 2. The minimum absolute atomic E-state index is 0.0667. The number of hydrogen-bond acceptors (Lipinski definition) is 5. The van der Waals surface area contributed by atoms with Crippen molar-refractivity contribution in [1.29, 1.82) is 0 Å². The number of amides is 1. The fourth-order valence-electron chi connectivity index (χ4n) is 2.50. The highest BCUT2D eigenvalue weighted by Gasteiger charge is 2.10. The third kappa shape index (κ3) is 3.54. The first-order valence-corrected chi connectivity index (χ1v) is 8.07. The lowest BCUT2D eigenvalue weighted by atomic mass is 10.2. The molecule has 2 aromatic carbocycles. The minimum Gasteiger partial charge on any atom is -0.484 e. The Labute approximate surface area is 149 Å². The molecule has 0 spiro atoms. The lowest BCUT2D eigenvalue weighted by Crippen LogP contribution is -2.20. The Morgan fingerprint density at radius 1 is 1.08 bits per heavy atom. The second kappa shape index (κ2) is 7.06. The number of hydrogen-bond donors (Lipinski definition) is 1. The Morgan fingerprint density at radius 2 is 1.96 bits per heavy atom. The average Bonchev–Trinajstić information content (AvgIpc) is 3.12. The summed E-state index contributed by atoms with van der Waals surface area (Å²) in [6, 6.07) is 18.3. The molecule has 0 aliphatic rings. The second-order valence-corrected chi connectivity index (χ2v) is 5.59. The van der Waals surface area contributed by atoms with Gasteiger partial charge < -0.3 is 14.5 Å². The number of nitrogens with one attached hydrogen (secondary N) is 1. The van der Waals surface area contributed by atoms with Crippen LogP contribution in [0, 0.1) is 0 Å². The van der Waals surface area contributed by atoms with Crippen LogP contribution < -0.4 is 10.1 Å². The Balaban J connectivity index is 1.46. The van der Waals surface area contributed by atoms with Crippen molar-refractivity contribution in [3.63, 3.8) is 0 Å². The molecule has 1 amide bonds. The molecule has 6 nitrogen and oxygen atoms in total. The Kier molecular flexibility index (Phi) is 4.30. The zero-order chi connectivity index (χ0) is 17.8. The van der Waals surface area contributed by atoms with E-state index in [0.717, 1.165) is 5.56 Å². The molecule has 6 heteroatoms. The van der Waals surface area contributed by atoms with E-state index in [2.05, 4.69) is 15.3 Å². The minimum atomic E-state index is -0.243. The van der Waals surface area contributed by atoms with E-state index < -0.39 is 0 Å². The van der Waals surface area contributed by atoms with Crippen LogP contribution in [0.4, 0.5) is 5.69 Å². The van der Waals surface area contributed by atoms with Gasteiger partial charge in [0.25, 0.3) is 5.91 Å². The first-order valence-electron chi connectivity index (χ1n) is 8.07. The Bertz CT molecular complexity index is 1010. The molecule has 128 valence electrons. The monoisotopic (exact) mass is 345 g/mol. The van der Waals surface area contributed by atoms with Crippen LogP contribution in [0.5, 0.6) is 5.75 Å². The molecular weight excluding hydrogens is 330 g/mol. The number of rotatable bonds is 5. The van der Waals surface area contributed by atoms with E-state index in [1.54, 1.807) is 42.7 Å². The van der Waals surface area contributed by atoms with Crippen molar-refractivity contribution in [2.45, 2.75) is 0 Å². The molecule has 0 fully saturated rings. The van der Waals surface area contributed by atoms with E-state index >= 15 is 0 Å². The molecule has 0 atom stereocenters. The van der Waals surface area contributed by atoms with Crippen LogP contribution in [-0.4, -0.2) is 22.5 Å². The summed E-state index contributed by atoms with van der Waals surface area (Å²) in [5.41, 5.74) is 2.77. The van der Waals surface area contributed by atoms with Crippen molar-refractivity contribution in [2.75, 3.05) is 11.9 Å². The highest BCUT2D eigenvalue weighted by molar-refractivity contribution is 5.92. The van der Waals surface area contributed by atoms with Gasteiger partial charge >= 0.3 is 0 Å². The van der Waals surface area contributed by atoms with Gasteiger partial charge in [0, 0.05) is 23.5 Å². The number of fused-ring (bicyclic) bond motifs is 1. The molecule has 0 saturated heterocycles. The predicted molar refractivity (Wildman–Crippen MR) is 97.8 cm³/mol. The normalized spacial score (nSPS) is 10.6. The molecule has 4 aromatic rings. The summed E-state index contributed by atoms with van der Waals surface area (Å²) in [5.74, 6) is 0.883. The molecule has 0 radical (unpaired) electrons. The number of carbonyl (C=O) groups is 1. The SMILES string of the molecule is O=C(COc1ccccc1)Nc1cccc(-c2nc3cnccc3o2)c1. The van der Waals surface area contributed by atoms with Gasteiger partial charge in [-0.05, 0) is 30.3 Å².